The highest BCUT2D eigenvalue weighted by Gasteiger charge is 2.30. The molecule has 0 amide bonds. The van der Waals surface area contributed by atoms with Gasteiger partial charge >= 0.3 is 0 Å². The highest BCUT2D eigenvalue weighted by atomic mass is 14.9. The van der Waals surface area contributed by atoms with Crippen LogP contribution in [0.3, 0.4) is 0 Å². The fourth-order valence-electron chi connectivity index (χ4n) is 3.17. The van der Waals surface area contributed by atoms with E-state index < -0.39 is 0 Å². The molecule has 3 nitrogen and oxygen atoms in total. The van der Waals surface area contributed by atoms with Crippen LogP contribution >= 0.6 is 0 Å². The standard InChI is InChI=1S/C17H21N3/c1-18-9-7-14(13-5-3-2-4-6-13)16-11-20-17-12-19-10-8-15(16)17/h2-6,8,10,12,14,16,18,20H,7,9,11H2,1H3. The lowest BCUT2D eigenvalue weighted by atomic mass is 9.81. The molecular weight excluding hydrogens is 246 g/mol. The molecule has 2 atom stereocenters. The van der Waals surface area contributed by atoms with E-state index in [0.717, 1.165) is 19.5 Å². The van der Waals surface area contributed by atoms with Crippen molar-refractivity contribution in [2.24, 2.45) is 0 Å². The lowest BCUT2D eigenvalue weighted by Crippen LogP contribution is -2.19. The zero-order valence-electron chi connectivity index (χ0n) is 11.8. The molecule has 0 bridgehead atoms. The molecule has 2 heterocycles. The van der Waals surface area contributed by atoms with Gasteiger partial charge in [0.05, 0.1) is 11.9 Å². The minimum atomic E-state index is 0.531. The van der Waals surface area contributed by atoms with Crippen LogP contribution in [0.2, 0.25) is 0 Å². The molecule has 0 fully saturated rings. The van der Waals surface area contributed by atoms with Crippen molar-refractivity contribution in [3.63, 3.8) is 0 Å². The van der Waals surface area contributed by atoms with Gasteiger partial charge < -0.3 is 10.6 Å². The Morgan fingerprint density at radius 3 is 2.95 bits per heavy atom. The second-order valence-corrected chi connectivity index (χ2v) is 5.36. The number of anilines is 1. The molecule has 1 aliphatic heterocycles. The SMILES string of the molecule is CNCCC(c1ccccc1)C1CNc2cnccc21. The van der Waals surface area contributed by atoms with Crippen LogP contribution in [0, 0.1) is 0 Å². The summed E-state index contributed by atoms with van der Waals surface area (Å²) in [5.74, 6) is 1.07. The van der Waals surface area contributed by atoms with E-state index in [0.29, 0.717) is 11.8 Å². The highest BCUT2D eigenvalue weighted by Crippen LogP contribution is 2.41. The predicted octanol–water partition coefficient (Wildman–Crippen LogP) is 2.98. The first-order valence-corrected chi connectivity index (χ1v) is 7.27. The Labute approximate surface area is 120 Å². The Hall–Kier alpha value is -1.87. The third-order valence-electron chi connectivity index (χ3n) is 4.19. The Kier molecular flexibility index (Phi) is 3.97. The van der Waals surface area contributed by atoms with Crippen LogP contribution in [0.15, 0.2) is 48.8 Å². The molecule has 2 unspecified atom stereocenters. The second-order valence-electron chi connectivity index (χ2n) is 5.36. The van der Waals surface area contributed by atoms with Crippen molar-refractivity contribution < 1.29 is 0 Å². The van der Waals surface area contributed by atoms with Gasteiger partial charge in [-0.3, -0.25) is 4.98 Å². The zero-order valence-corrected chi connectivity index (χ0v) is 11.8. The number of aromatic nitrogens is 1. The van der Waals surface area contributed by atoms with Crippen molar-refractivity contribution in [1.82, 2.24) is 10.3 Å². The molecular formula is C17H21N3. The molecule has 3 rings (SSSR count). The Bertz CT molecular complexity index is 553. The van der Waals surface area contributed by atoms with E-state index in [1.807, 2.05) is 19.4 Å². The summed E-state index contributed by atoms with van der Waals surface area (Å²) in [7, 11) is 2.02. The summed E-state index contributed by atoms with van der Waals surface area (Å²) in [5.41, 5.74) is 4.03. The second kappa shape index (κ2) is 6.06. The maximum Gasteiger partial charge on any atom is 0.0563 e. The fraction of sp³-hybridized carbons (Fsp3) is 0.353. The Balaban J connectivity index is 1.91. The highest BCUT2D eigenvalue weighted by molar-refractivity contribution is 5.57. The number of pyridine rings is 1. The number of rotatable bonds is 5. The van der Waals surface area contributed by atoms with E-state index >= 15 is 0 Å². The van der Waals surface area contributed by atoms with Gasteiger partial charge in [-0.15, -0.1) is 0 Å². The van der Waals surface area contributed by atoms with Crippen molar-refractivity contribution in [3.05, 3.63) is 59.9 Å². The van der Waals surface area contributed by atoms with Crippen LogP contribution in [-0.2, 0) is 0 Å². The van der Waals surface area contributed by atoms with Gasteiger partial charge in [0.25, 0.3) is 0 Å². The van der Waals surface area contributed by atoms with Crippen LogP contribution in [0.5, 0.6) is 0 Å². The molecule has 1 aromatic heterocycles. The smallest absolute Gasteiger partial charge is 0.0563 e. The van der Waals surface area contributed by atoms with E-state index in [-0.39, 0.29) is 0 Å². The van der Waals surface area contributed by atoms with E-state index in [9.17, 15) is 0 Å². The molecule has 0 saturated carbocycles. The molecule has 1 aromatic carbocycles. The van der Waals surface area contributed by atoms with Crippen LogP contribution in [0.25, 0.3) is 0 Å². The first-order chi connectivity index (χ1) is 9.90. The van der Waals surface area contributed by atoms with Gasteiger partial charge in [0, 0.05) is 18.7 Å². The predicted molar refractivity (Wildman–Crippen MR) is 83.2 cm³/mol. The minimum Gasteiger partial charge on any atom is -0.383 e. The first-order valence-electron chi connectivity index (χ1n) is 7.27. The molecule has 1 aliphatic rings. The van der Waals surface area contributed by atoms with Gasteiger partial charge in [-0.2, -0.15) is 0 Å². The van der Waals surface area contributed by atoms with Crippen LogP contribution < -0.4 is 10.6 Å². The van der Waals surface area contributed by atoms with Crippen molar-refractivity contribution in [1.29, 1.82) is 0 Å². The number of hydrogen-bond acceptors (Lipinski definition) is 3. The van der Waals surface area contributed by atoms with Gasteiger partial charge in [0.2, 0.25) is 0 Å². The van der Waals surface area contributed by atoms with Crippen LogP contribution in [0.1, 0.15) is 29.4 Å². The first kappa shape index (κ1) is 13.1. The maximum absolute atomic E-state index is 4.21. The topological polar surface area (TPSA) is 37.0 Å². The van der Waals surface area contributed by atoms with Crippen molar-refractivity contribution in [2.75, 3.05) is 25.5 Å². The van der Waals surface area contributed by atoms with Crippen molar-refractivity contribution in [2.45, 2.75) is 18.3 Å². The minimum absolute atomic E-state index is 0.531. The summed E-state index contributed by atoms with van der Waals surface area (Å²) in [6.07, 6.45) is 4.99. The molecule has 2 aromatic rings. The summed E-state index contributed by atoms with van der Waals surface area (Å²) < 4.78 is 0. The molecule has 0 spiro atoms. The number of nitrogens with one attached hydrogen (secondary N) is 2. The summed E-state index contributed by atoms with van der Waals surface area (Å²) in [4.78, 5) is 4.21. The van der Waals surface area contributed by atoms with E-state index in [1.54, 1.807) is 0 Å². The lowest BCUT2D eigenvalue weighted by molar-refractivity contribution is 0.520. The van der Waals surface area contributed by atoms with Crippen molar-refractivity contribution in [3.8, 4) is 0 Å². The van der Waals surface area contributed by atoms with Gasteiger partial charge in [0.1, 0.15) is 0 Å². The third-order valence-corrected chi connectivity index (χ3v) is 4.19. The molecule has 104 valence electrons. The number of fused-ring (bicyclic) bond motifs is 1. The van der Waals surface area contributed by atoms with Crippen molar-refractivity contribution >= 4 is 5.69 Å². The fourth-order valence-corrected chi connectivity index (χ4v) is 3.17. The Morgan fingerprint density at radius 2 is 2.15 bits per heavy atom. The zero-order chi connectivity index (χ0) is 13.8. The largest absolute Gasteiger partial charge is 0.383 e. The summed E-state index contributed by atoms with van der Waals surface area (Å²) in [5, 5.41) is 6.78. The summed E-state index contributed by atoms with van der Waals surface area (Å²) >= 11 is 0. The van der Waals surface area contributed by atoms with E-state index in [2.05, 4.69) is 52.0 Å². The van der Waals surface area contributed by atoms with Gasteiger partial charge in [0.15, 0.2) is 0 Å². The summed E-state index contributed by atoms with van der Waals surface area (Å²) in [6, 6.07) is 13.0. The normalized spacial score (nSPS) is 18.4. The quantitative estimate of drug-likeness (QED) is 0.874. The molecule has 0 saturated heterocycles. The molecule has 0 aliphatic carbocycles. The lowest BCUT2D eigenvalue weighted by Gasteiger charge is -2.24. The van der Waals surface area contributed by atoms with Gasteiger partial charge in [-0.1, -0.05) is 30.3 Å². The van der Waals surface area contributed by atoms with E-state index in [4.69, 9.17) is 0 Å². The number of nitrogens with zero attached hydrogens (tertiary/aromatic N) is 1. The van der Waals surface area contributed by atoms with Gasteiger partial charge in [-0.25, -0.2) is 0 Å². The van der Waals surface area contributed by atoms with Crippen LogP contribution in [0.4, 0.5) is 5.69 Å². The number of hydrogen-bond donors (Lipinski definition) is 2. The average molecular weight is 267 g/mol. The molecule has 3 heteroatoms. The van der Waals surface area contributed by atoms with Crippen LogP contribution in [-0.4, -0.2) is 25.1 Å². The Morgan fingerprint density at radius 1 is 1.30 bits per heavy atom. The summed E-state index contributed by atoms with van der Waals surface area (Å²) in [6.45, 7) is 2.04. The van der Waals surface area contributed by atoms with E-state index in [1.165, 1.54) is 16.8 Å². The monoisotopic (exact) mass is 267 g/mol. The number of benzene rings is 1. The molecule has 0 radical (unpaired) electrons. The molecule has 20 heavy (non-hydrogen) atoms. The van der Waals surface area contributed by atoms with Gasteiger partial charge in [-0.05, 0) is 43.1 Å². The third kappa shape index (κ3) is 2.54. The average Bonchev–Trinajstić information content (AvgIpc) is 2.93. The maximum atomic E-state index is 4.21. The molecule has 2 N–H and O–H groups in total.